The molecule has 0 aliphatic heterocycles. The lowest BCUT2D eigenvalue weighted by molar-refractivity contribution is 0.0699. The Hall–Kier alpha value is -2.82. The van der Waals surface area contributed by atoms with E-state index in [0.717, 1.165) is 0 Å². The van der Waals surface area contributed by atoms with Gasteiger partial charge >= 0.3 is 5.97 Å². The molecule has 0 atom stereocenters. The third-order valence-corrected chi connectivity index (χ3v) is 2.95. The van der Waals surface area contributed by atoms with Gasteiger partial charge in [-0.1, -0.05) is 18.2 Å². The molecule has 5 heteroatoms. The first-order chi connectivity index (χ1) is 9.66. The van der Waals surface area contributed by atoms with E-state index in [1.54, 1.807) is 24.4 Å². The summed E-state index contributed by atoms with van der Waals surface area (Å²) in [5, 5.41) is 9.55. The first kappa shape index (κ1) is 12.2. The number of aromatic nitrogens is 2. The molecule has 0 unspecified atom stereocenters. The van der Waals surface area contributed by atoms with Crippen LogP contribution in [0.3, 0.4) is 0 Å². The zero-order valence-electron chi connectivity index (χ0n) is 10.2. The van der Waals surface area contributed by atoms with Crippen molar-refractivity contribution in [2.45, 2.75) is 0 Å². The third-order valence-electron chi connectivity index (χ3n) is 2.95. The van der Waals surface area contributed by atoms with Crippen molar-refractivity contribution in [2.75, 3.05) is 0 Å². The summed E-state index contributed by atoms with van der Waals surface area (Å²) in [4.78, 5) is 19.6. The normalized spacial score (nSPS) is 10.7. The van der Waals surface area contributed by atoms with Crippen molar-refractivity contribution in [2.24, 2.45) is 0 Å². The molecular weight excluding hydrogens is 259 g/mol. The van der Waals surface area contributed by atoms with E-state index in [2.05, 4.69) is 9.97 Å². The summed E-state index contributed by atoms with van der Waals surface area (Å²) in [5.74, 6) is -1.68. The SMILES string of the molecule is O=C(O)c1cc(-c2ccccn2)nc2c(F)cccc12. The number of benzene rings is 1. The number of carboxylic acid groups (broad SMARTS) is 1. The van der Waals surface area contributed by atoms with Crippen LogP contribution in [0.2, 0.25) is 0 Å². The first-order valence-electron chi connectivity index (χ1n) is 5.91. The van der Waals surface area contributed by atoms with Gasteiger partial charge in [0.1, 0.15) is 11.3 Å². The Morgan fingerprint density at radius 1 is 1.10 bits per heavy atom. The van der Waals surface area contributed by atoms with Crippen molar-refractivity contribution in [3.05, 3.63) is 60.0 Å². The molecule has 0 spiro atoms. The topological polar surface area (TPSA) is 63.1 Å². The standard InChI is InChI=1S/C15H9FN2O2/c16-11-5-3-4-9-10(15(19)20)8-13(18-14(9)11)12-6-1-2-7-17-12/h1-8H,(H,19,20). The lowest BCUT2D eigenvalue weighted by Gasteiger charge is -2.07. The van der Waals surface area contributed by atoms with Crippen LogP contribution in [0.1, 0.15) is 10.4 Å². The van der Waals surface area contributed by atoms with Crippen molar-refractivity contribution in [1.82, 2.24) is 9.97 Å². The van der Waals surface area contributed by atoms with E-state index in [1.165, 1.54) is 24.3 Å². The van der Waals surface area contributed by atoms with E-state index >= 15 is 0 Å². The van der Waals surface area contributed by atoms with E-state index < -0.39 is 11.8 Å². The van der Waals surface area contributed by atoms with Crippen LogP contribution >= 0.6 is 0 Å². The van der Waals surface area contributed by atoms with E-state index in [1.807, 2.05) is 0 Å². The van der Waals surface area contributed by atoms with Crippen molar-refractivity contribution >= 4 is 16.9 Å². The van der Waals surface area contributed by atoms with Gasteiger partial charge in [0, 0.05) is 11.6 Å². The van der Waals surface area contributed by atoms with Crippen LogP contribution in [-0.2, 0) is 0 Å². The maximum atomic E-state index is 13.8. The van der Waals surface area contributed by atoms with Gasteiger partial charge in [-0.2, -0.15) is 0 Å². The fourth-order valence-corrected chi connectivity index (χ4v) is 2.04. The minimum Gasteiger partial charge on any atom is -0.478 e. The van der Waals surface area contributed by atoms with Crippen LogP contribution in [0, 0.1) is 5.82 Å². The second-order valence-electron chi connectivity index (χ2n) is 4.21. The summed E-state index contributed by atoms with van der Waals surface area (Å²) in [6.45, 7) is 0. The van der Waals surface area contributed by atoms with Gasteiger partial charge in [0.25, 0.3) is 0 Å². The smallest absolute Gasteiger partial charge is 0.336 e. The van der Waals surface area contributed by atoms with Crippen LogP contribution in [0.25, 0.3) is 22.3 Å². The molecule has 3 rings (SSSR count). The highest BCUT2D eigenvalue weighted by molar-refractivity contribution is 6.03. The van der Waals surface area contributed by atoms with Gasteiger partial charge in [-0.3, -0.25) is 4.98 Å². The molecule has 1 N–H and O–H groups in total. The zero-order chi connectivity index (χ0) is 14.1. The molecule has 2 heterocycles. The molecular formula is C15H9FN2O2. The van der Waals surface area contributed by atoms with E-state index in [0.29, 0.717) is 11.4 Å². The van der Waals surface area contributed by atoms with Gasteiger partial charge in [0.2, 0.25) is 0 Å². The van der Waals surface area contributed by atoms with Gasteiger partial charge in [0.15, 0.2) is 0 Å². The minimum absolute atomic E-state index is 0.00940. The Morgan fingerprint density at radius 2 is 1.95 bits per heavy atom. The van der Waals surface area contributed by atoms with Gasteiger partial charge in [-0.25, -0.2) is 14.2 Å². The predicted octanol–water partition coefficient (Wildman–Crippen LogP) is 3.13. The number of rotatable bonds is 2. The Kier molecular flexibility index (Phi) is 2.87. The summed E-state index contributed by atoms with van der Waals surface area (Å²) in [5.41, 5.74) is 0.879. The fourth-order valence-electron chi connectivity index (χ4n) is 2.04. The molecule has 0 saturated carbocycles. The number of aromatic carboxylic acids is 1. The van der Waals surface area contributed by atoms with Crippen molar-refractivity contribution in [3.63, 3.8) is 0 Å². The number of para-hydroxylation sites is 1. The second-order valence-corrected chi connectivity index (χ2v) is 4.21. The minimum atomic E-state index is -1.12. The Balaban J connectivity index is 2.36. The lowest BCUT2D eigenvalue weighted by Crippen LogP contribution is -2.01. The summed E-state index contributed by atoms with van der Waals surface area (Å²) in [7, 11) is 0. The molecule has 2 aromatic heterocycles. The summed E-state index contributed by atoms with van der Waals surface area (Å²) in [6, 6.07) is 10.9. The summed E-state index contributed by atoms with van der Waals surface area (Å²) >= 11 is 0. The first-order valence-corrected chi connectivity index (χ1v) is 5.91. The number of hydrogen-bond acceptors (Lipinski definition) is 3. The molecule has 98 valence electrons. The van der Waals surface area contributed by atoms with Gasteiger partial charge in [-0.05, 0) is 24.3 Å². The van der Waals surface area contributed by atoms with Crippen LogP contribution in [0.5, 0.6) is 0 Å². The third kappa shape index (κ3) is 1.99. The maximum absolute atomic E-state index is 13.8. The molecule has 0 amide bonds. The van der Waals surface area contributed by atoms with Gasteiger partial charge in [0.05, 0.1) is 17.0 Å². The summed E-state index contributed by atoms with van der Waals surface area (Å²) < 4.78 is 13.8. The van der Waals surface area contributed by atoms with E-state index in [4.69, 9.17) is 0 Å². The lowest BCUT2D eigenvalue weighted by atomic mass is 10.1. The number of carbonyl (C=O) groups is 1. The number of nitrogens with zero attached hydrogens (tertiary/aromatic N) is 2. The van der Waals surface area contributed by atoms with E-state index in [-0.39, 0.29) is 16.5 Å². The molecule has 0 saturated heterocycles. The van der Waals surface area contributed by atoms with Crippen molar-refractivity contribution < 1.29 is 14.3 Å². The van der Waals surface area contributed by atoms with Gasteiger partial charge in [-0.15, -0.1) is 0 Å². The number of pyridine rings is 2. The maximum Gasteiger partial charge on any atom is 0.336 e. The molecule has 4 nitrogen and oxygen atoms in total. The molecule has 0 fully saturated rings. The molecule has 0 radical (unpaired) electrons. The van der Waals surface area contributed by atoms with Crippen molar-refractivity contribution in [3.8, 4) is 11.4 Å². The van der Waals surface area contributed by atoms with Crippen LogP contribution < -0.4 is 0 Å². The second kappa shape index (κ2) is 4.70. The Labute approximate surface area is 113 Å². The molecule has 0 bridgehead atoms. The van der Waals surface area contributed by atoms with Crippen LogP contribution in [0.4, 0.5) is 4.39 Å². The summed E-state index contributed by atoms with van der Waals surface area (Å²) in [6.07, 6.45) is 1.57. The quantitative estimate of drug-likeness (QED) is 0.775. The zero-order valence-corrected chi connectivity index (χ0v) is 10.2. The monoisotopic (exact) mass is 268 g/mol. The highest BCUT2D eigenvalue weighted by Crippen LogP contribution is 2.25. The van der Waals surface area contributed by atoms with Crippen LogP contribution in [0.15, 0.2) is 48.7 Å². The largest absolute Gasteiger partial charge is 0.478 e. The van der Waals surface area contributed by atoms with Gasteiger partial charge < -0.3 is 5.11 Å². The average Bonchev–Trinajstić information content (AvgIpc) is 2.47. The Bertz CT molecular complexity index is 804. The molecule has 20 heavy (non-hydrogen) atoms. The molecule has 1 aromatic carbocycles. The van der Waals surface area contributed by atoms with Crippen LogP contribution in [-0.4, -0.2) is 21.0 Å². The molecule has 3 aromatic rings. The number of halogens is 1. The highest BCUT2D eigenvalue weighted by Gasteiger charge is 2.15. The number of carboxylic acids is 1. The predicted molar refractivity (Wildman–Crippen MR) is 71.9 cm³/mol. The fraction of sp³-hybridized carbons (Fsp3) is 0. The highest BCUT2D eigenvalue weighted by atomic mass is 19.1. The van der Waals surface area contributed by atoms with Crippen molar-refractivity contribution in [1.29, 1.82) is 0 Å². The number of fused-ring (bicyclic) bond motifs is 1. The molecule has 0 aliphatic carbocycles. The number of hydrogen-bond donors (Lipinski definition) is 1. The average molecular weight is 268 g/mol. The molecule has 0 aliphatic rings. The van der Waals surface area contributed by atoms with E-state index in [9.17, 15) is 14.3 Å². The Morgan fingerprint density at radius 3 is 2.65 bits per heavy atom.